The van der Waals surface area contributed by atoms with Crippen LogP contribution in [-0.2, 0) is 0 Å². The Morgan fingerprint density at radius 2 is 2.00 bits per heavy atom. The summed E-state index contributed by atoms with van der Waals surface area (Å²) >= 11 is 1.55. The second kappa shape index (κ2) is 5.85. The molecule has 2 amide bonds. The van der Waals surface area contributed by atoms with E-state index in [2.05, 4.69) is 24.0 Å². The van der Waals surface area contributed by atoms with Gasteiger partial charge in [0.1, 0.15) is 0 Å². The van der Waals surface area contributed by atoms with Gasteiger partial charge in [-0.05, 0) is 44.4 Å². The molecule has 1 aliphatic heterocycles. The molecule has 5 heteroatoms. The first-order chi connectivity index (χ1) is 10.1. The molecule has 2 heterocycles. The fourth-order valence-corrected chi connectivity index (χ4v) is 3.38. The lowest BCUT2D eigenvalue weighted by atomic mass is 10.2. The summed E-state index contributed by atoms with van der Waals surface area (Å²) in [5.41, 5.74) is 2.24. The fraction of sp³-hybridized carbons (Fsp3) is 0.375. The lowest BCUT2D eigenvalue weighted by Gasteiger charge is -2.10. The second-order valence-electron chi connectivity index (χ2n) is 5.42. The Kier molecular flexibility index (Phi) is 3.92. The van der Waals surface area contributed by atoms with Gasteiger partial charge in [0, 0.05) is 29.9 Å². The van der Waals surface area contributed by atoms with Gasteiger partial charge < -0.3 is 4.90 Å². The molecule has 4 nitrogen and oxygen atoms in total. The number of likely N-dealkylation sites (tertiary alicyclic amines) is 1. The number of hydrogen-bond acceptors (Lipinski definition) is 2. The van der Waals surface area contributed by atoms with Crippen molar-refractivity contribution in [3.05, 3.63) is 45.7 Å². The van der Waals surface area contributed by atoms with E-state index in [0.29, 0.717) is 0 Å². The summed E-state index contributed by atoms with van der Waals surface area (Å²) in [5.74, 6) is 0. The van der Waals surface area contributed by atoms with Crippen molar-refractivity contribution in [3.63, 3.8) is 0 Å². The molecular weight excluding hydrogens is 282 g/mol. The quantitative estimate of drug-likeness (QED) is 0.796. The van der Waals surface area contributed by atoms with Gasteiger partial charge in [-0.1, -0.05) is 12.1 Å². The smallest absolute Gasteiger partial charge is 0.323 e. The Morgan fingerprint density at radius 1 is 1.24 bits per heavy atom. The van der Waals surface area contributed by atoms with Gasteiger partial charge in [-0.25, -0.2) is 4.79 Å². The third-order valence-corrected chi connectivity index (χ3v) is 4.51. The van der Waals surface area contributed by atoms with Crippen molar-refractivity contribution in [2.45, 2.75) is 26.7 Å². The largest absolute Gasteiger partial charge is 0.346 e. The molecule has 0 spiro atoms. The van der Waals surface area contributed by atoms with E-state index in [1.54, 1.807) is 11.3 Å². The summed E-state index contributed by atoms with van der Waals surface area (Å²) in [7, 11) is 0. The Balaban J connectivity index is 2.01. The van der Waals surface area contributed by atoms with Gasteiger partial charge in [0.25, 0.3) is 0 Å². The Hall–Kier alpha value is -1.88. The van der Waals surface area contributed by atoms with Crippen LogP contribution < -0.4 is 4.80 Å². The molecule has 0 aliphatic carbocycles. The van der Waals surface area contributed by atoms with Crippen LogP contribution in [-0.4, -0.2) is 28.6 Å². The molecule has 0 N–H and O–H groups in total. The molecule has 0 radical (unpaired) electrons. The molecule has 1 fully saturated rings. The van der Waals surface area contributed by atoms with Crippen molar-refractivity contribution in [1.29, 1.82) is 0 Å². The zero-order chi connectivity index (χ0) is 14.8. The SMILES string of the molecule is Cc1cccc(-n2cc(C)s/c2=N\C(=O)N2CCCC2)c1. The average Bonchev–Trinajstić information content (AvgIpc) is 3.08. The van der Waals surface area contributed by atoms with Crippen molar-refractivity contribution in [1.82, 2.24) is 9.47 Å². The molecule has 0 unspecified atom stereocenters. The van der Waals surface area contributed by atoms with Gasteiger partial charge in [-0.15, -0.1) is 11.3 Å². The zero-order valence-electron chi connectivity index (χ0n) is 12.4. The normalized spacial score (nSPS) is 15.7. The number of aromatic nitrogens is 1. The highest BCUT2D eigenvalue weighted by atomic mass is 32.1. The maximum atomic E-state index is 12.2. The van der Waals surface area contributed by atoms with E-state index < -0.39 is 0 Å². The third-order valence-electron chi connectivity index (χ3n) is 3.62. The first kappa shape index (κ1) is 14.1. The lowest BCUT2D eigenvalue weighted by Crippen LogP contribution is -2.27. The molecule has 1 aromatic carbocycles. The summed E-state index contributed by atoms with van der Waals surface area (Å²) in [6, 6.07) is 8.12. The van der Waals surface area contributed by atoms with Crippen LogP contribution >= 0.6 is 11.3 Å². The molecule has 0 atom stereocenters. The molecule has 110 valence electrons. The van der Waals surface area contributed by atoms with Crippen LogP contribution in [0.4, 0.5) is 4.79 Å². The minimum absolute atomic E-state index is 0.115. The molecule has 2 aromatic rings. The summed E-state index contributed by atoms with van der Waals surface area (Å²) in [6.45, 7) is 5.76. The van der Waals surface area contributed by atoms with Crippen molar-refractivity contribution < 1.29 is 4.79 Å². The number of carbonyl (C=O) groups is 1. The Bertz CT molecular complexity index is 723. The number of urea groups is 1. The van der Waals surface area contributed by atoms with E-state index in [1.165, 1.54) is 5.56 Å². The standard InChI is InChI=1S/C16H19N3OS/c1-12-6-5-7-14(10-12)19-11-13(2)21-16(19)17-15(20)18-8-3-4-9-18/h5-7,10-11H,3-4,8-9H2,1-2H3/b17-16-. The van der Waals surface area contributed by atoms with Crippen molar-refractivity contribution >= 4 is 17.4 Å². The van der Waals surface area contributed by atoms with Crippen LogP contribution in [0.2, 0.25) is 0 Å². The maximum absolute atomic E-state index is 12.2. The van der Waals surface area contributed by atoms with Gasteiger partial charge in [0.15, 0.2) is 4.80 Å². The number of carbonyl (C=O) groups excluding carboxylic acids is 1. The fourth-order valence-electron chi connectivity index (χ4n) is 2.56. The van der Waals surface area contributed by atoms with E-state index in [9.17, 15) is 4.79 Å². The number of thiazole rings is 1. The van der Waals surface area contributed by atoms with Crippen LogP contribution in [0.3, 0.4) is 0 Å². The van der Waals surface area contributed by atoms with E-state index in [1.807, 2.05) is 34.7 Å². The lowest BCUT2D eigenvalue weighted by molar-refractivity contribution is 0.218. The van der Waals surface area contributed by atoms with Crippen LogP contribution in [0.15, 0.2) is 35.5 Å². The van der Waals surface area contributed by atoms with Crippen molar-refractivity contribution in [3.8, 4) is 5.69 Å². The third kappa shape index (κ3) is 3.08. The maximum Gasteiger partial charge on any atom is 0.346 e. The molecule has 3 rings (SSSR count). The second-order valence-corrected chi connectivity index (χ2v) is 6.64. The van der Waals surface area contributed by atoms with Crippen LogP contribution in [0.25, 0.3) is 5.69 Å². The summed E-state index contributed by atoms with van der Waals surface area (Å²) in [6.07, 6.45) is 4.21. The molecule has 21 heavy (non-hydrogen) atoms. The minimum atomic E-state index is -0.115. The molecular formula is C16H19N3OS. The molecule has 0 saturated carbocycles. The van der Waals surface area contributed by atoms with Crippen LogP contribution in [0, 0.1) is 13.8 Å². The highest BCUT2D eigenvalue weighted by molar-refractivity contribution is 7.09. The number of aryl methyl sites for hydroxylation is 2. The topological polar surface area (TPSA) is 37.6 Å². The van der Waals surface area contributed by atoms with Crippen molar-refractivity contribution in [2.24, 2.45) is 4.99 Å². The minimum Gasteiger partial charge on any atom is -0.323 e. The number of hydrogen-bond donors (Lipinski definition) is 0. The van der Waals surface area contributed by atoms with E-state index >= 15 is 0 Å². The molecule has 1 aromatic heterocycles. The van der Waals surface area contributed by atoms with Crippen LogP contribution in [0.5, 0.6) is 0 Å². The Morgan fingerprint density at radius 3 is 2.71 bits per heavy atom. The molecule has 1 aliphatic rings. The summed E-state index contributed by atoms with van der Waals surface area (Å²) in [4.78, 5) is 20.3. The highest BCUT2D eigenvalue weighted by Crippen LogP contribution is 2.13. The average molecular weight is 301 g/mol. The van der Waals surface area contributed by atoms with Crippen LogP contribution in [0.1, 0.15) is 23.3 Å². The Labute approximate surface area is 128 Å². The van der Waals surface area contributed by atoms with Gasteiger partial charge in [-0.3, -0.25) is 4.57 Å². The van der Waals surface area contributed by atoms with E-state index in [0.717, 1.165) is 41.3 Å². The summed E-state index contributed by atoms with van der Waals surface area (Å²) < 4.78 is 2.00. The van der Waals surface area contributed by atoms with Gasteiger partial charge in [0.05, 0.1) is 0 Å². The molecule has 0 bridgehead atoms. The van der Waals surface area contributed by atoms with Crippen molar-refractivity contribution in [2.75, 3.05) is 13.1 Å². The van der Waals surface area contributed by atoms with Gasteiger partial charge >= 0.3 is 6.03 Å². The summed E-state index contributed by atoms with van der Waals surface area (Å²) in [5, 5.41) is 0. The van der Waals surface area contributed by atoms with Gasteiger partial charge in [-0.2, -0.15) is 4.99 Å². The predicted octanol–water partition coefficient (Wildman–Crippen LogP) is 3.27. The predicted molar refractivity (Wildman–Crippen MR) is 84.9 cm³/mol. The van der Waals surface area contributed by atoms with E-state index in [-0.39, 0.29) is 6.03 Å². The first-order valence-electron chi connectivity index (χ1n) is 7.23. The van der Waals surface area contributed by atoms with Gasteiger partial charge in [0.2, 0.25) is 0 Å². The number of amides is 2. The monoisotopic (exact) mass is 301 g/mol. The first-order valence-corrected chi connectivity index (χ1v) is 8.05. The van der Waals surface area contributed by atoms with E-state index in [4.69, 9.17) is 0 Å². The highest BCUT2D eigenvalue weighted by Gasteiger charge is 2.17. The molecule has 1 saturated heterocycles. The number of rotatable bonds is 1. The number of benzene rings is 1. The number of nitrogens with zero attached hydrogens (tertiary/aromatic N) is 3. The zero-order valence-corrected chi connectivity index (χ0v) is 13.2.